The van der Waals surface area contributed by atoms with Gasteiger partial charge in [0.1, 0.15) is 23.1 Å². The van der Waals surface area contributed by atoms with Gasteiger partial charge in [-0.25, -0.2) is 13.9 Å². The second-order valence-electron chi connectivity index (χ2n) is 10.9. The number of aliphatic hydroxyl groups excluding tert-OH is 1. The second kappa shape index (κ2) is 12.6. The van der Waals surface area contributed by atoms with Crippen molar-refractivity contribution in [1.82, 2.24) is 24.9 Å². The van der Waals surface area contributed by atoms with Crippen LogP contribution in [-0.4, -0.2) is 37.3 Å². The molecule has 0 bridgehead atoms. The number of rotatable bonds is 8. The number of anilines is 1. The molecular weight excluding hydrogens is 559 g/mol. The van der Waals surface area contributed by atoms with Crippen LogP contribution in [0.1, 0.15) is 37.6 Å². The minimum Gasteiger partial charge on any atom is -0.457 e. The number of fused-ring (bicyclic) bond motifs is 1. The summed E-state index contributed by atoms with van der Waals surface area (Å²) in [5.74, 6) is 1.02. The molecule has 11 heteroatoms. The molecule has 0 saturated carbocycles. The third kappa shape index (κ3) is 6.89. The van der Waals surface area contributed by atoms with Crippen molar-refractivity contribution in [2.24, 2.45) is 0 Å². The summed E-state index contributed by atoms with van der Waals surface area (Å²) in [7, 11) is 0. The second-order valence-corrected chi connectivity index (χ2v) is 10.9. The predicted molar refractivity (Wildman–Crippen MR) is 163 cm³/mol. The smallest absolute Gasteiger partial charge is 0.320 e. The van der Waals surface area contributed by atoms with Crippen molar-refractivity contribution in [3.8, 4) is 17.2 Å². The number of nitrogens with zero attached hydrogens (tertiary/aromatic N) is 4. The van der Waals surface area contributed by atoms with Crippen molar-refractivity contribution in [1.29, 1.82) is 0 Å². The Kier molecular flexibility index (Phi) is 9.18. The first-order chi connectivity index (χ1) is 19.6. The summed E-state index contributed by atoms with van der Waals surface area (Å²) < 4.78 is 23.7. The van der Waals surface area contributed by atoms with Gasteiger partial charge in [0.25, 0.3) is 0 Å². The Labute approximate surface area is 249 Å². The Morgan fingerprint density at radius 1 is 1.05 bits per heavy atom. The lowest BCUT2D eigenvalue weighted by Gasteiger charge is -2.14. The number of carbonyl (C=O) groups excluding carboxylic acids is 1. The van der Waals surface area contributed by atoms with Crippen LogP contribution in [0, 0.1) is 12.7 Å². The summed E-state index contributed by atoms with van der Waals surface area (Å²) in [4.78, 5) is 13.0. The monoisotopic (exact) mass is 592 g/mol. The van der Waals surface area contributed by atoms with Crippen LogP contribution in [0.2, 0.25) is 0 Å². The van der Waals surface area contributed by atoms with Gasteiger partial charge in [-0.3, -0.25) is 10.00 Å². The largest absolute Gasteiger partial charge is 0.457 e. The van der Waals surface area contributed by atoms with E-state index in [4.69, 9.17) is 9.84 Å². The van der Waals surface area contributed by atoms with E-state index >= 15 is 0 Å². The first-order valence-corrected chi connectivity index (χ1v) is 13.4. The molecule has 0 radical (unpaired) electrons. The molecule has 0 fully saturated rings. The summed E-state index contributed by atoms with van der Waals surface area (Å²) in [5.41, 5.74) is 3.88. The van der Waals surface area contributed by atoms with Crippen LogP contribution < -0.4 is 15.4 Å². The maximum absolute atomic E-state index is 14.2. The number of aromatic nitrogens is 4. The fraction of sp³-hybridized carbons (Fsp3) is 0.258. The minimum absolute atomic E-state index is 0. The van der Waals surface area contributed by atoms with Crippen molar-refractivity contribution in [2.75, 3.05) is 11.9 Å². The molecule has 3 aromatic carbocycles. The lowest BCUT2D eigenvalue weighted by atomic mass is 9.92. The number of nitrogens with one attached hydrogen (secondary N) is 2. The molecule has 2 amide bonds. The third-order valence-electron chi connectivity index (χ3n) is 6.61. The number of urea groups is 1. The highest BCUT2D eigenvalue weighted by molar-refractivity contribution is 5.88. The topological polar surface area (TPSA) is 106 Å². The molecule has 2 aromatic heterocycles. The number of benzene rings is 3. The van der Waals surface area contributed by atoms with Crippen LogP contribution >= 0.6 is 12.4 Å². The van der Waals surface area contributed by atoms with Crippen molar-refractivity contribution in [3.05, 3.63) is 95.6 Å². The molecule has 0 unspecified atom stereocenters. The average Bonchev–Trinajstić information content (AvgIpc) is 3.54. The number of hydrogen-bond acceptors (Lipinski definition) is 5. The van der Waals surface area contributed by atoms with E-state index in [1.54, 1.807) is 21.6 Å². The molecule has 3 N–H and O–H groups in total. The first-order valence-electron chi connectivity index (χ1n) is 13.4. The fourth-order valence-electron chi connectivity index (χ4n) is 4.37. The first kappa shape index (κ1) is 30.5. The number of amides is 2. The van der Waals surface area contributed by atoms with Gasteiger partial charge in [-0.05, 0) is 55.5 Å². The number of hydrogen-bond donors (Lipinski definition) is 3. The van der Waals surface area contributed by atoms with E-state index < -0.39 is 11.8 Å². The maximum Gasteiger partial charge on any atom is 0.320 e. The van der Waals surface area contributed by atoms with Gasteiger partial charge in [0.2, 0.25) is 0 Å². The highest BCUT2D eigenvalue weighted by Crippen LogP contribution is 2.30. The van der Waals surface area contributed by atoms with Gasteiger partial charge in [0.05, 0.1) is 36.2 Å². The predicted octanol–water partition coefficient (Wildman–Crippen LogP) is 6.50. The number of aryl methyl sites for hydroxylation is 1. The number of halogens is 2. The van der Waals surface area contributed by atoms with Crippen LogP contribution in [0.15, 0.2) is 72.9 Å². The van der Waals surface area contributed by atoms with E-state index in [1.165, 1.54) is 18.2 Å². The van der Waals surface area contributed by atoms with Crippen molar-refractivity contribution in [3.63, 3.8) is 0 Å². The van der Waals surface area contributed by atoms with E-state index in [9.17, 15) is 14.3 Å². The van der Waals surface area contributed by atoms with Crippen LogP contribution in [-0.2, 0) is 18.5 Å². The van der Waals surface area contributed by atoms with Crippen LogP contribution in [0.5, 0.6) is 11.5 Å². The minimum atomic E-state index is -0.466. The molecule has 9 nitrogen and oxygen atoms in total. The Morgan fingerprint density at radius 3 is 2.52 bits per heavy atom. The molecular formula is C31H34ClFN6O3. The van der Waals surface area contributed by atoms with Gasteiger partial charge in [-0.15, -0.1) is 12.4 Å². The molecule has 0 spiro atoms. The van der Waals surface area contributed by atoms with Crippen molar-refractivity contribution >= 4 is 35.2 Å². The van der Waals surface area contributed by atoms with Crippen molar-refractivity contribution < 1.29 is 19.0 Å². The normalized spacial score (nSPS) is 11.3. The van der Waals surface area contributed by atoms with Crippen LogP contribution in [0.3, 0.4) is 0 Å². The molecule has 0 atom stereocenters. The summed E-state index contributed by atoms with van der Waals surface area (Å²) in [6.07, 6.45) is 1.70. The maximum atomic E-state index is 14.2. The Hall–Kier alpha value is -4.41. The Morgan fingerprint density at radius 2 is 1.81 bits per heavy atom. The number of aliphatic hydroxyl groups is 1. The summed E-state index contributed by atoms with van der Waals surface area (Å²) in [6.45, 7) is 8.59. The van der Waals surface area contributed by atoms with Gasteiger partial charge >= 0.3 is 6.03 Å². The lowest BCUT2D eigenvalue weighted by Crippen LogP contribution is -2.29. The highest BCUT2D eigenvalue weighted by Gasteiger charge is 2.22. The van der Waals surface area contributed by atoms with Gasteiger partial charge in [0, 0.05) is 29.0 Å². The molecule has 220 valence electrons. The molecule has 0 aliphatic carbocycles. The van der Waals surface area contributed by atoms with Gasteiger partial charge in [-0.2, -0.15) is 10.2 Å². The molecule has 5 aromatic rings. The molecule has 0 aliphatic heterocycles. The van der Waals surface area contributed by atoms with Gasteiger partial charge < -0.3 is 15.2 Å². The molecule has 0 saturated heterocycles. The lowest BCUT2D eigenvalue weighted by molar-refractivity contribution is 0.251. The van der Waals surface area contributed by atoms with Crippen LogP contribution in [0.4, 0.5) is 15.0 Å². The Bertz CT molecular complexity index is 1690. The van der Waals surface area contributed by atoms with E-state index in [0.29, 0.717) is 29.4 Å². The molecule has 5 rings (SSSR count). The molecule has 42 heavy (non-hydrogen) atoms. The zero-order chi connectivity index (χ0) is 29.1. The quantitative estimate of drug-likeness (QED) is 0.191. The van der Waals surface area contributed by atoms with E-state index in [-0.39, 0.29) is 31.0 Å². The number of carbonyl (C=O) groups is 1. The van der Waals surface area contributed by atoms with E-state index in [0.717, 1.165) is 27.8 Å². The summed E-state index contributed by atoms with van der Waals surface area (Å²) >= 11 is 0. The molecule has 0 aliphatic rings. The zero-order valence-corrected chi connectivity index (χ0v) is 24.7. The van der Waals surface area contributed by atoms with Crippen LogP contribution in [0.25, 0.3) is 16.6 Å². The van der Waals surface area contributed by atoms with Gasteiger partial charge in [0.15, 0.2) is 0 Å². The van der Waals surface area contributed by atoms with E-state index in [2.05, 4.69) is 36.5 Å². The van der Waals surface area contributed by atoms with E-state index in [1.807, 2.05) is 49.4 Å². The molecule has 2 heterocycles. The van der Waals surface area contributed by atoms with Crippen molar-refractivity contribution in [2.45, 2.75) is 46.2 Å². The fourth-order valence-corrected chi connectivity index (χ4v) is 4.37. The summed E-state index contributed by atoms with van der Waals surface area (Å²) in [6, 6.07) is 18.9. The summed E-state index contributed by atoms with van der Waals surface area (Å²) in [5, 5.41) is 24.8. The zero-order valence-electron chi connectivity index (χ0n) is 23.9. The Balaban J connectivity index is 0.00000405. The number of ether oxygens (including phenoxy) is 1. The third-order valence-corrected chi connectivity index (χ3v) is 6.61. The average molecular weight is 593 g/mol. The van der Waals surface area contributed by atoms with Gasteiger partial charge in [-0.1, -0.05) is 38.5 Å². The highest BCUT2D eigenvalue weighted by atomic mass is 35.5. The standard InChI is InChI=1S/C31H33FN6O3.ClH/c1-20-5-8-24(9-6-20)38-29(17-28(36-38)31(2,3)4)35-30(40)33-18-22-15-23(32)7-12-27(22)41-25-10-11-26-21(16-25)19-34-37(26)13-14-39;/h5-12,15-17,19,39H,13-14,18H2,1-4H3,(H2,33,35,40);1H. The SMILES string of the molecule is Cc1ccc(-n2nc(C(C)(C)C)cc2NC(=O)NCc2cc(F)ccc2Oc2ccc3c(cnn3CCO)c2)cc1.Cl.